The molecule has 0 aliphatic rings. The van der Waals surface area contributed by atoms with Crippen LogP contribution in [0, 0.1) is 6.92 Å². The lowest BCUT2D eigenvalue weighted by molar-refractivity contribution is 0.0696. The summed E-state index contributed by atoms with van der Waals surface area (Å²) in [6.07, 6.45) is -0.0555. The summed E-state index contributed by atoms with van der Waals surface area (Å²) in [5, 5.41) is 8.86. The van der Waals surface area contributed by atoms with E-state index in [4.69, 9.17) is 14.6 Å². The van der Waals surface area contributed by atoms with E-state index in [0.29, 0.717) is 23.5 Å². The fraction of sp³-hybridized carbons (Fsp3) is 0.417. The van der Waals surface area contributed by atoms with E-state index in [0.717, 1.165) is 0 Å². The number of ether oxygens (including phenoxy) is 2. The molecule has 0 aliphatic carbocycles. The number of aromatic carboxylic acids is 1. The molecular formula is C12H16O4. The molecule has 88 valence electrons. The molecule has 0 aliphatic heterocycles. The van der Waals surface area contributed by atoms with Crippen molar-refractivity contribution in [3.63, 3.8) is 0 Å². The summed E-state index contributed by atoms with van der Waals surface area (Å²) in [6.45, 7) is 4.14. The molecule has 1 rings (SSSR count). The molecule has 0 amide bonds. The molecule has 0 radical (unpaired) electrons. The summed E-state index contributed by atoms with van der Waals surface area (Å²) in [7, 11) is 1.61. The Bertz CT molecular complexity index is 373. The van der Waals surface area contributed by atoms with Crippen LogP contribution in [0.25, 0.3) is 0 Å². The Morgan fingerprint density at radius 1 is 1.50 bits per heavy atom. The van der Waals surface area contributed by atoms with Gasteiger partial charge in [0.15, 0.2) is 0 Å². The third-order valence-corrected chi connectivity index (χ3v) is 2.17. The second-order valence-corrected chi connectivity index (χ2v) is 3.67. The molecule has 1 N–H and O–H groups in total. The first-order valence-electron chi connectivity index (χ1n) is 5.04. The summed E-state index contributed by atoms with van der Waals surface area (Å²) in [6, 6.07) is 4.92. The maximum Gasteiger partial charge on any atom is 0.335 e. The Labute approximate surface area is 94.8 Å². The lowest BCUT2D eigenvalue weighted by atomic mass is 10.1. The average Bonchev–Trinajstić information content (AvgIpc) is 2.17. The predicted octanol–water partition coefficient (Wildman–Crippen LogP) is 2.11. The van der Waals surface area contributed by atoms with Gasteiger partial charge < -0.3 is 14.6 Å². The van der Waals surface area contributed by atoms with Crippen LogP contribution in [-0.2, 0) is 4.74 Å². The maximum atomic E-state index is 10.8. The molecule has 4 heteroatoms. The van der Waals surface area contributed by atoms with E-state index in [1.807, 2.05) is 6.92 Å². The maximum absolute atomic E-state index is 10.8. The first-order chi connectivity index (χ1) is 7.54. The van der Waals surface area contributed by atoms with Gasteiger partial charge in [-0.05, 0) is 37.6 Å². The van der Waals surface area contributed by atoms with Gasteiger partial charge in [0.2, 0.25) is 0 Å². The zero-order valence-corrected chi connectivity index (χ0v) is 9.69. The van der Waals surface area contributed by atoms with Crippen LogP contribution in [0.3, 0.4) is 0 Å². The quantitative estimate of drug-likeness (QED) is 0.832. The number of methoxy groups -OCH3 is 1. The van der Waals surface area contributed by atoms with Crippen LogP contribution in [0.4, 0.5) is 0 Å². The normalized spacial score (nSPS) is 12.2. The van der Waals surface area contributed by atoms with E-state index in [9.17, 15) is 4.79 Å². The Hall–Kier alpha value is -1.55. The van der Waals surface area contributed by atoms with Crippen molar-refractivity contribution >= 4 is 5.97 Å². The number of hydrogen-bond acceptors (Lipinski definition) is 3. The number of hydrogen-bond donors (Lipinski definition) is 1. The Morgan fingerprint density at radius 3 is 2.69 bits per heavy atom. The van der Waals surface area contributed by atoms with E-state index < -0.39 is 5.97 Å². The van der Waals surface area contributed by atoms with Crippen LogP contribution in [0.2, 0.25) is 0 Å². The van der Waals surface area contributed by atoms with Crippen LogP contribution in [0.15, 0.2) is 18.2 Å². The smallest absolute Gasteiger partial charge is 0.335 e. The van der Waals surface area contributed by atoms with Crippen molar-refractivity contribution in [1.82, 2.24) is 0 Å². The number of carbonyl (C=O) groups is 1. The minimum absolute atomic E-state index is 0.0555. The van der Waals surface area contributed by atoms with Crippen LogP contribution < -0.4 is 4.74 Å². The first kappa shape index (κ1) is 12.5. The molecule has 0 unspecified atom stereocenters. The largest absolute Gasteiger partial charge is 0.488 e. The van der Waals surface area contributed by atoms with Crippen molar-refractivity contribution in [2.24, 2.45) is 0 Å². The molecule has 1 atom stereocenters. The van der Waals surface area contributed by atoms with E-state index in [-0.39, 0.29) is 6.10 Å². The summed E-state index contributed by atoms with van der Waals surface area (Å²) < 4.78 is 10.5. The van der Waals surface area contributed by atoms with Gasteiger partial charge in [0.05, 0.1) is 12.2 Å². The molecule has 0 saturated heterocycles. The molecule has 0 bridgehead atoms. The summed E-state index contributed by atoms with van der Waals surface area (Å²) >= 11 is 0. The molecule has 16 heavy (non-hydrogen) atoms. The highest BCUT2D eigenvalue weighted by Crippen LogP contribution is 2.18. The van der Waals surface area contributed by atoms with Gasteiger partial charge in [0.25, 0.3) is 0 Å². The Kier molecular flexibility index (Phi) is 4.31. The lowest BCUT2D eigenvalue weighted by Gasteiger charge is -2.14. The van der Waals surface area contributed by atoms with Gasteiger partial charge in [0, 0.05) is 7.11 Å². The minimum Gasteiger partial charge on any atom is -0.488 e. The van der Waals surface area contributed by atoms with E-state index in [1.165, 1.54) is 0 Å². The Morgan fingerprint density at radius 2 is 2.19 bits per heavy atom. The first-order valence-corrected chi connectivity index (χ1v) is 5.04. The highest BCUT2D eigenvalue weighted by atomic mass is 16.5. The summed E-state index contributed by atoms with van der Waals surface area (Å²) in [5.41, 5.74) is 0.987. The van der Waals surface area contributed by atoms with Crippen molar-refractivity contribution in [1.29, 1.82) is 0 Å². The molecule has 0 saturated carbocycles. The monoisotopic (exact) mass is 224 g/mol. The third kappa shape index (κ3) is 3.24. The SMILES string of the molecule is COC[C@H](C)Oc1ccc(C(=O)O)c(C)c1. The summed E-state index contributed by atoms with van der Waals surface area (Å²) in [4.78, 5) is 10.8. The molecule has 1 aromatic rings. The van der Waals surface area contributed by atoms with Crippen molar-refractivity contribution in [3.05, 3.63) is 29.3 Å². The van der Waals surface area contributed by atoms with Crippen molar-refractivity contribution in [3.8, 4) is 5.75 Å². The fourth-order valence-corrected chi connectivity index (χ4v) is 1.45. The lowest BCUT2D eigenvalue weighted by Crippen LogP contribution is -2.18. The second kappa shape index (κ2) is 5.51. The van der Waals surface area contributed by atoms with Gasteiger partial charge in [-0.25, -0.2) is 4.79 Å². The number of rotatable bonds is 5. The number of benzene rings is 1. The topological polar surface area (TPSA) is 55.8 Å². The van der Waals surface area contributed by atoms with E-state index in [1.54, 1.807) is 32.2 Å². The zero-order valence-electron chi connectivity index (χ0n) is 9.69. The molecule has 0 fully saturated rings. The van der Waals surface area contributed by atoms with Gasteiger partial charge >= 0.3 is 5.97 Å². The molecular weight excluding hydrogens is 208 g/mol. The number of aryl methyl sites for hydroxylation is 1. The number of carboxylic acids is 1. The standard InChI is InChI=1S/C12H16O4/c1-8-6-10(16-9(2)7-15-3)4-5-11(8)12(13)14/h4-6,9H,7H2,1-3H3,(H,13,14)/t9-/m0/s1. The molecule has 0 spiro atoms. The van der Waals surface area contributed by atoms with Crippen LogP contribution in [0.1, 0.15) is 22.8 Å². The molecule has 0 heterocycles. The molecule has 0 aromatic heterocycles. The minimum atomic E-state index is -0.922. The second-order valence-electron chi connectivity index (χ2n) is 3.67. The Balaban J connectivity index is 2.77. The van der Waals surface area contributed by atoms with Gasteiger partial charge in [0.1, 0.15) is 11.9 Å². The highest BCUT2D eigenvalue weighted by molar-refractivity contribution is 5.89. The van der Waals surface area contributed by atoms with Crippen LogP contribution >= 0.6 is 0 Å². The predicted molar refractivity (Wildman–Crippen MR) is 60.1 cm³/mol. The fourth-order valence-electron chi connectivity index (χ4n) is 1.45. The summed E-state index contributed by atoms with van der Waals surface area (Å²) in [5.74, 6) is -0.263. The van der Waals surface area contributed by atoms with Crippen molar-refractivity contribution in [2.45, 2.75) is 20.0 Å². The highest BCUT2D eigenvalue weighted by Gasteiger charge is 2.09. The van der Waals surface area contributed by atoms with Gasteiger partial charge in [-0.3, -0.25) is 0 Å². The van der Waals surface area contributed by atoms with E-state index >= 15 is 0 Å². The number of carboxylic acid groups (broad SMARTS) is 1. The molecule has 1 aromatic carbocycles. The zero-order chi connectivity index (χ0) is 12.1. The molecule has 4 nitrogen and oxygen atoms in total. The third-order valence-electron chi connectivity index (χ3n) is 2.17. The van der Waals surface area contributed by atoms with Crippen LogP contribution in [0.5, 0.6) is 5.75 Å². The average molecular weight is 224 g/mol. The van der Waals surface area contributed by atoms with E-state index in [2.05, 4.69) is 0 Å². The van der Waals surface area contributed by atoms with Gasteiger partial charge in [-0.1, -0.05) is 0 Å². The van der Waals surface area contributed by atoms with Crippen molar-refractivity contribution in [2.75, 3.05) is 13.7 Å². The van der Waals surface area contributed by atoms with Crippen LogP contribution in [-0.4, -0.2) is 30.9 Å². The van der Waals surface area contributed by atoms with Gasteiger partial charge in [-0.15, -0.1) is 0 Å². The van der Waals surface area contributed by atoms with Gasteiger partial charge in [-0.2, -0.15) is 0 Å². The van der Waals surface area contributed by atoms with Crippen molar-refractivity contribution < 1.29 is 19.4 Å².